The van der Waals surface area contributed by atoms with Gasteiger partial charge in [-0.25, -0.2) is 0 Å². The van der Waals surface area contributed by atoms with Gasteiger partial charge in [0.2, 0.25) is 0 Å². The third-order valence-corrected chi connectivity index (χ3v) is 24.2. The standard InChI is InChI=1S/C102H90N2/c1(9-25-73-39-41-81-43-45-83(81)69-73)3-23-67-101(85-31-15-7-16-32-85)97-37-21-19-35-93(97)95-65-63-91(71-99(95)101)103(87-55-47-77(48-56-87)75-27-11-5-12-28-75)89-59-51-79(52-60-89)80-53-61-90(62-54-80)104(88-57-49-78(50-58-88)76-29-13-6-14-30-76)92-64-66-96-94-36-20-22-38-98(94)102(100(96)72-92,86-33-17-8-18-34-86)68-24-4-2-10-26-74-40-42-82-44-46-84(82)70-74/h5-8,11-22,27-42,47-66,69-72,81,83H,1-4,9-10,23-26,43-46,67-68H2. The number of anilines is 6. The van der Waals surface area contributed by atoms with Crippen molar-refractivity contribution in [2.24, 2.45) is 11.8 Å². The number of nitrogens with zero attached hydrogens (tertiary/aromatic N) is 2. The number of unbranched alkanes of at least 4 members (excludes halogenated alkanes) is 6. The molecule has 5 aliphatic carbocycles. The monoisotopic (exact) mass is 1340 g/mol. The maximum absolute atomic E-state index is 2.60. The van der Waals surface area contributed by atoms with Gasteiger partial charge in [0.05, 0.1) is 0 Å². The molecule has 0 N–H and O–H groups in total. The minimum absolute atomic E-state index is 0.306. The van der Waals surface area contributed by atoms with E-state index in [0.29, 0.717) is 0 Å². The van der Waals surface area contributed by atoms with Crippen LogP contribution >= 0.6 is 0 Å². The normalized spacial score (nSPS) is 17.6. The van der Waals surface area contributed by atoms with Crippen LogP contribution in [0.5, 0.6) is 0 Å². The SMILES string of the molecule is C1=CC2CCC2C=C1CCCCCCC1(c2ccccc2)c2ccccc2-c2ccc(N(c3ccc(-c4ccccc4)cc3)c3ccc(-c4ccc(N(c5ccc(-c6ccccc6)cc5)c5ccc6c(c5)C(CCCCCCc5ccc7c(c5)CC7)(c5ccccc5)c5ccccc5-6)cc4)cc3)cc21. The van der Waals surface area contributed by atoms with Crippen molar-refractivity contribution < 1.29 is 0 Å². The Kier molecular flexibility index (Phi) is 17.9. The Morgan fingerprint density at radius 3 is 1.07 bits per heavy atom. The van der Waals surface area contributed by atoms with Crippen molar-refractivity contribution >= 4 is 34.1 Å². The van der Waals surface area contributed by atoms with Gasteiger partial charge in [0, 0.05) is 45.0 Å². The molecule has 0 heterocycles. The van der Waals surface area contributed by atoms with E-state index in [0.717, 1.165) is 78.1 Å². The molecular formula is C102H90N2. The molecule has 4 unspecified atom stereocenters. The second kappa shape index (κ2) is 28.6. The van der Waals surface area contributed by atoms with Gasteiger partial charge in [0.1, 0.15) is 0 Å². The van der Waals surface area contributed by atoms with Crippen molar-refractivity contribution in [3.05, 3.63) is 395 Å². The number of allylic oxidation sites excluding steroid dienone is 4. The van der Waals surface area contributed by atoms with Gasteiger partial charge in [-0.05, 0) is 255 Å². The molecule has 0 radical (unpaired) electrons. The molecule has 0 bridgehead atoms. The fraction of sp³-hybridized carbons (Fsp3) is 0.196. The maximum atomic E-state index is 2.60. The smallest absolute Gasteiger partial charge is 0.0465 e. The largest absolute Gasteiger partial charge is 0.310 e. The van der Waals surface area contributed by atoms with Crippen molar-refractivity contribution in [2.75, 3.05) is 9.80 Å². The molecule has 104 heavy (non-hydrogen) atoms. The molecule has 13 aromatic rings. The van der Waals surface area contributed by atoms with E-state index in [9.17, 15) is 0 Å². The quantitative estimate of drug-likeness (QED) is 0.0526. The molecule has 0 aromatic heterocycles. The Balaban J connectivity index is 0.675. The first-order chi connectivity index (χ1) is 51.5. The van der Waals surface area contributed by atoms with Crippen LogP contribution in [0.1, 0.15) is 134 Å². The molecule has 0 aliphatic heterocycles. The second-order valence-electron chi connectivity index (χ2n) is 30.1. The summed E-state index contributed by atoms with van der Waals surface area (Å²) in [6, 6.07) is 122. The first kappa shape index (κ1) is 65.0. The van der Waals surface area contributed by atoms with Crippen molar-refractivity contribution in [3.63, 3.8) is 0 Å². The summed E-state index contributed by atoms with van der Waals surface area (Å²) in [6.07, 6.45) is 26.8. The molecule has 1 saturated carbocycles. The number of aryl methyl sites for hydroxylation is 3. The molecular weight excluding hydrogens is 1250 g/mol. The Labute approximate surface area is 616 Å². The minimum Gasteiger partial charge on any atom is -0.310 e. The van der Waals surface area contributed by atoms with Crippen LogP contribution in [-0.4, -0.2) is 0 Å². The summed E-state index contributed by atoms with van der Waals surface area (Å²) < 4.78 is 0. The lowest BCUT2D eigenvalue weighted by molar-refractivity contribution is 0.280. The van der Waals surface area contributed by atoms with Gasteiger partial charge in [-0.2, -0.15) is 0 Å². The van der Waals surface area contributed by atoms with E-state index in [1.54, 1.807) is 16.7 Å². The molecule has 0 saturated heterocycles. The van der Waals surface area contributed by atoms with Gasteiger partial charge in [0.15, 0.2) is 0 Å². The Hall–Kier alpha value is -11.1. The van der Waals surface area contributed by atoms with Gasteiger partial charge < -0.3 is 9.80 Å². The minimum atomic E-state index is -0.311. The van der Waals surface area contributed by atoms with E-state index in [1.165, 1.54) is 165 Å². The maximum Gasteiger partial charge on any atom is 0.0465 e. The summed E-state index contributed by atoms with van der Waals surface area (Å²) in [6.45, 7) is 0. The zero-order chi connectivity index (χ0) is 69.2. The lowest BCUT2D eigenvalue weighted by Gasteiger charge is -2.35. The van der Waals surface area contributed by atoms with Crippen LogP contribution in [0.25, 0.3) is 55.6 Å². The highest BCUT2D eigenvalue weighted by molar-refractivity contribution is 5.91. The summed E-state index contributed by atoms with van der Waals surface area (Å²) in [5, 5.41) is 0. The Morgan fingerprint density at radius 2 is 0.654 bits per heavy atom. The summed E-state index contributed by atoms with van der Waals surface area (Å²) in [5.41, 5.74) is 33.2. The zero-order valence-electron chi connectivity index (χ0n) is 59.7. The van der Waals surface area contributed by atoms with Gasteiger partial charge >= 0.3 is 0 Å². The predicted molar refractivity (Wildman–Crippen MR) is 437 cm³/mol. The first-order valence-corrected chi connectivity index (χ1v) is 38.7. The average molecular weight is 1340 g/mol. The number of hydrogen-bond donors (Lipinski definition) is 0. The van der Waals surface area contributed by atoms with E-state index in [-0.39, 0.29) is 10.8 Å². The highest BCUT2D eigenvalue weighted by Crippen LogP contribution is 2.59. The number of hydrogen-bond acceptors (Lipinski definition) is 2. The van der Waals surface area contributed by atoms with Crippen LogP contribution in [0.2, 0.25) is 0 Å². The third kappa shape index (κ3) is 12.3. The van der Waals surface area contributed by atoms with Gasteiger partial charge in [-0.15, -0.1) is 0 Å². The van der Waals surface area contributed by atoms with Crippen LogP contribution in [0, 0.1) is 11.8 Å². The molecule has 2 heteroatoms. The Bertz CT molecular complexity index is 5250. The highest BCUT2D eigenvalue weighted by atomic mass is 15.1. The first-order valence-electron chi connectivity index (χ1n) is 38.7. The van der Waals surface area contributed by atoms with E-state index in [2.05, 4.69) is 350 Å². The van der Waals surface area contributed by atoms with Gasteiger partial charge in [0.25, 0.3) is 0 Å². The van der Waals surface area contributed by atoms with Gasteiger partial charge in [-0.1, -0.05) is 311 Å². The summed E-state index contributed by atoms with van der Waals surface area (Å²) >= 11 is 0. The van der Waals surface area contributed by atoms with Crippen molar-refractivity contribution in [2.45, 2.75) is 114 Å². The molecule has 18 rings (SSSR count). The molecule has 0 spiro atoms. The number of benzene rings is 13. The van der Waals surface area contributed by atoms with Crippen LogP contribution in [-0.2, 0) is 30.1 Å². The molecule has 4 atom stereocenters. The van der Waals surface area contributed by atoms with Crippen molar-refractivity contribution in [1.29, 1.82) is 0 Å². The highest BCUT2D eigenvalue weighted by Gasteiger charge is 2.46. The predicted octanol–water partition coefficient (Wildman–Crippen LogP) is 27.4. The molecule has 5 aliphatic rings. The van der Waals surface area contributed by atoms with Gasteiger partial charge in [-0.3, -0.25) is 0 Å². The van der Waals surface area contributed by atoms with Crippen molar-refractivity contribution in [1.82, 2.24) is 0 Å². The zero-order valence-corrected chi connectivity index (χ0v) is 59.7. The molecule has 13 aromatic carbocycles. The van der Waals surface area contributed by atoms with E-state index in [1.807, 2.05) is 0 Å². The lowest BCUT2D eigenvalue weighted by Crippen LogP contribution is -2.27. The van der Waals surface area contributed by atoms with E-state index >= 15 is 0 Å². The fourth-order valence-corrected chi connectivity index (χ4v) is 18.5. The van der Waals surface area contributed by atoms with E-state index in [4.69, 9.17) is 0 Å². The second-order valence-corrected chi connectivity index (χ2v) is 30.1. The molecule has 0 amide bonds. The number of fused-ring (bicyclic) bond motifs is 8. The van der Waals surface area contributed by atoms with E-state index < -0.39 is 0 Å². The molecule has 508 valence electrons. The summed E-state index contributed by atoms with van der Waals surface area (Å²) in [4.78, 5) is 4.97. The van der Waals surface area contributed by atoms with Crippen LogP contribution in [0.3, 0.4) is 0 Å². The van der Waals surface area contributed by atoms with Crippen molar-refractivity contribution in [3.8, 4) is 55.6 Å². The lowest BCUT2D eigenvalue weighted by atomic mass is 9.69. The third-order valence-electron chi connectivity index (χ3n) is 24.2. The topological polar surface area (TPSA) is 6.48 Å². The molecule has 1 fully saturated rings. The Morgan fingerprint density at radius 1 is 0.279 bits per heavy atom. The summed E-state index contributed by atoms with van der Waals surface area (Å²) in [7, 11) is 0. The number of rotatable bonds is 25. The summed E-state index contributed by atoms with van der Waals surface area (Å²) in [5.74, 6) is 1.59. The van der Waals surface area contributed by atoms with Crippen LogP contribution in [0.4, 0.5) is 34.1 Å². The van der Waals surface area contributed by atoms with Crippen LogP contribution in [0.15, 0.2) is 345 Å². The average Bonchev–Trinajstić information content (AvgIpc) is 1.56. The molecule has 2 nitrogen and oxygen atoms in total. The van der Waals surface area contributed by atoms with Crippen LogP contribution < -0.4 is 9.80 Å². The fourth-order valence-electron chi connectivity index (χ4n) is 18.5.